The molecule has 5 nitrogen and oxygen atoms in total. The third-order valence-electron chi connectivity index (χ3n) is 4.71. The van der Waals surface area contributed by atoms with Gasteiger partial charge in [0.2, 0.25) is 0 Å². The number of rotatable bonds is 3. The van der Waals surface area contributed by atoms with Crippen molar-refractivity contribution in [3.8, 4) is 0 Å². The molecule has 0 spiro atoms. The second-order valence-electron chi connectivity index (χ2n) is 6.76. The standard InChI is InChI=1S/C20H25N3O2/c1-14-13-25-19(16-8-6-5-7-9-16)15(2)23(14)20(24)18-12-17(22(3)4)10-11-21-18/h5-12,14-15,19H,13H2,1-4H3/t14-,15+,19-/m1/s1. The minimum absolute atomic E-state index is 0.00674. The molecule has 0 unspecified atom stereocenters. The Morgan fingerprint density at radius 1 is 1.20 bits per heavy atom. The predicted molar refractivity (Wildman–Crippen MR) is 98.8 cm³/mol. The molecule has 0 radical (unpaired) electrons. The van der Waals surface area contributed by atoms with Gasteiger partial charge in [0.05, 0.1) is 18.7 Å². The molecule has 1 aliphatic rings. The fourth-order valence-corrected chi connectivity index (χ4v) is 3.36. The molecule has 1 aromatic carbocycles. The van der Waals surface area contributed by atoms with Crippen molar-refractivity contribution in [1.29, 1.82) is 0 Å². The van der Waals surface area contributed by atoms with Crippen molar-refractivity contribution in [2.24, 2.45) is 0 Å². The van der Waals surface area contributed by atoms with Gasteiger partial charge < -0.3 is 14.5 Å². The minimum atomic E-state index is -0.126. The summed E-state index contributed by atoms with van der Waals surface area (Å²) < 4.78 is 6.04. The van der Waals surface area contributed by atoms with E-state index < -0.39 is 0 Å². The zero-order chi connectivity index (χ0) is 18.0. The first-order chi connectivity index (χ1) is 12.0. The van der Waals surface area contributed by atoms with Crippen LogP contribution in [0.15, 0.2) is 48.7 Å². The van der Waals surface area contributed by atoms with Gasteiger partial charge in [-0.15, -0.1) is 0 Å². The van der Waals surface area contributed by atoms with Crippen LogP contribution in [0, 0.1) is 0 Å². The summed E-state index contributed by atoms with van der Waals surface area (Å²) in [5.74, 6) is -0.0482. The number of morpholine rings is 1. The molecule has 2 heterocycles. The lowest BCUT2D eigenvalue weighted by Crippen LogP contribution is -2.53. The van der Waals surface area contributed by atoms with E-state index in [1.54, 1.807) is 6.20 Å². The van der Waals surface area contributed by atoms with Crippen LogP contribution in [0.3, 0.4) is 0 Å². The van der Waals surface area contributed by atoms with Crippen molar-refractivity contribution >= 4 is 11.6 Å². The van der Waals surface area contributed by atoms with Crippen molar-refractivity contribution in [2.45, 2.75) is 32.0 Å². The monoisotopic (exact) mass is 339 g/mol. The fourth-order valence-electron chi connectivity index (χ4n) is 3.36. The highest BCUT2D eigenvalue weighted by Crippen LogP contribution is 2.31. The van der Waals surface area contributed by atoms with E-state index in [1.165, 1.54) is 0 Å². The number of pyridine rings is 1. The smallest absolute Gasteiger partial charge is 0.273 e. The minimum Gasteiger partial charge on any atom is -0.378 e. The number of hydrogen-bond acceptors (Lipinski definition) is 4. The van der Waals surface area contributed by atoms with E-state index in [4.69, 9.17) is 4.74 Å². The summed E-state index contributed by atoms with van der Waals surface area (Å²) >= 11 is 0. The zero-order valence-corrected chi connectivity index (χ0v) is 15.2. The van der Waals surface area contributed by atoms with E-state index in [0.29, 0.717) is 12.3 Å². The van der Waals surface area contributed by atoms with Gasteiger partial charge in [0.25, 0.3) is 5.91 Å². The normalized spacial score (nSPS) is 23.4. The van der Waals surface area contributed by atoms with E-state index in [0.717, 1.165) is 11.3 Å². The molecule has 0 aliphatic carbocycles. The van der Waals surface area contributed by atoms with Gasteiger partial charge in [0.15, 0.2) is 0 Å². The Kier molecular flexibility index (Phi) is 5.04. The number of carbonyl (C=O) groups excluding carboxylic acids is 1. The Morgan fingerprint density at radius 2 is 1.92 bits per heavy atom. The van der Waals surface area contributed by atoms with Crippen LogP contribution < -0.4 is 4.90 Å². The molecule has 0 N–H and O–H groups in total. The lowest BCUT2D eigenvalue weighted by atomic mass is 9.98. The first-order valence-electron chi connectivity index (χ1n) is 8.61. The Morgan fingerprint density at radius 3 is 2.60 bits per heavy atom. The summed E-state index contributed by atoms with van der Waals surface area (Å²) in [6.45, 7) is 4.58. The van der Waals surface area contributed by atoms with Crippen molar-refractivity contribution in [1.82, 2.24) is 9.88 Å². The fraction of sp³-hybridized carbons (Fsp3) is 0.400. The zero-order valence-electron chi connectivity index (χ0n) is 15.2. The van der Waals surface area contributed by atoms with Gasteiger partial charge in [-0.2, -0.15) is 0 Å². The molecule has 3 rings (SSSR count). The Bertz CT molecular complexity index is 733. The van der Waals surface area contributed by atoms with E-state index in [1.807, 2.05) is 80.2 Å². The van der Waals surface area contributed by atoms with E-state index >= 15 is 0 Å². The van der Waals surface area contributed by atoms with Crippen molar-refractivity contribution < 1.29 is 9.53 Å². The van der Waals surface area contributed by atoms with Gasteiger partial charge in [0, 0.05) is 26.0 Å². The average molecular weight is 339 g/mol. The van der Waals surface area contributed by atoms with E-state index in [2.05, 4.69) is 4.98 Å². The predicted octanol–water partition coefficient (Wildman–Crippen LogP) is 3.14. The summed E-state index contributed by atoms with van der Waals surface area (Å²) in [7, 11) is 3.91. The number of ether oxygens (including phenoxy) is 1. The highest BCUT2D eigenvalue weighted by atomic mass is 16.5. The summed E-state index contributed by atoms with van der Waals surface area (Å²) in [5.41, 5.74) is 2.53. The Hall–Kier alpha value is -2.40. The summed E-state index contributed by atoms with van der Waals surface area (Å²) in [5, 5.41) is 0. The van der Waals surface area contributed by atoms with Crippen LogP contribution in [0.2, 0.25) is 0 Å². The van der Waals surface area contributed by atoms with Gasteiger partial charge in [-0.3, -0.25) is 9.78 Å². The average Bonchev–Trinajstić information content (AvgIpc) is 2.62. The molecule has 25 heavy (non-hydrogen) atoms. The first kappa shape index (κ1) is 17.4. The molecular weight excluding hydrogens is 314 g/mol. The summed E-state index contributed by atoms with van der Waals surface area (Å²) in [6, 6.07) is 13.8. The molecule has 1 aliphatic heterocycles. The molecule has 1 aromatic heterocycles. The number of benzene rings is 1. The highest BCUT2D eigenvalue weighted by molar-refractivity contribution is 5.93. The number of amides is 1. The number of hydrogen-bond donors (Lipinski definition) is 0. The molecule has 2 aromatic rings. The third-order valence-corrected chi connectivity index (χ3v) is 4.71. The second kappa shape index (κ2) is 7.23. The Balaban J connectivity index is 1.88. The quantitative estimate of drug-likeness (QED) is 0.862. The molecule has 1 fully saturated rings. The van der Waals surface area contributed by atoms with Gasteiger partial charge >= 0.3 is 0 Å². The third kappa shape index (κ3) is 3.51. The Labute approximate surface area is 149 Å². The van der Waals surface area contributed by atoms with Gasteiger partial charge in [-0.05, 0) is 31.5 Å². The van der Waals surface area contributed by atoms with Crippen LogP contribution in [0.1, 0.15) is 36.0 Å². The highest BCUT2D eigenvalue weighted by Gasteiger charge is 2.37. The SMILES string of the molecule is C[C@@H]1CO[C@@H](c2ccccc2)[C@H](C)N1C(=O)c1cc(N(C)C)ccn1. The summed E-state index contributed by atoms with van der Waals surface area (Å²) in [6.07, 6.45) is 1.56. The number of nitrogens with zero attached hydrogens (tertiary/aromatic N) is 3. The molecule has 1 amide bonds. The largest absolute Gasteiger partial charge is 0.378 e. The molecular formula is C20H25N3O2. The van der Waals surface area contributed by atoms with Crippen LogP contribution in [-0.4, -0.2) is 48.6 Å². The van der Waals surface area contributed by atoms with Crippen molar-refractivity contribution in [3.05, 3.63) is 59.9 Å². The van der Waals surface area contributed by atoms with Gasteiger partial charge in [-0.1, -0.05) is 30.3 Å². The lowest BCUT2D eigenvalue weighted by Gasteiger charge is -2.43. The maximum atomic E-state index is 13.2. The molecule has 132 valence electrons. The molecule has 5 heteroatoms. The maximum absolute atomic E-state index is 13.2. The molecule has 3 atom stereocenters. The number of aromatic nitrogens is 1. The van der Waals surface area contributed by atoms with Crippen LogP contribution in [0.4, 0.5) is 5.69 Å². The van der Waals surface area contributed by atoms with Crippen LogP contribution in [0.25, 0.3) is 0 Å². The van der Waals surface area contributed by atoms with Crippen LogP contribution in [-0.2, 0) is 4.74 Å². The van der Waals surface area contributed by atoms with Crippen LogP contribution >= 0.6 is 0 Å². The lowest BCUT2D eigenvalue weighted by molar-refractivity contribution is -0.0807. The van der Waals surface area contributed by atoms with Crippen LogP contribution in [0.5, 0.6) is 0 Å². The van der Waals surface area contributed by atoms with Crippen molar-refractivity contribution in [2.75, 3.05) is 25.6 Å². The maximum Gasteiger partial charge on any atom is 0.273 e. The number of anilines is 1. The first-order valence-corrected chi connectivity index (χ1v) is 8.61. The molecule has 0 saturated carbocycles. The van der Waals surface area contributed by atoms with E-state index in [-0.39, 0.29) is 24.1 Å². The van der Waals surface area contributed by atoms with Crippen molar-refractivity contribution in [3.63, 3.8) is 0 Å². The second-order valence-corrected chi connectivity index (χ2v) is 6.76. The van der Waals surface area contributed by atoms with E-state index in [9.17, 15) is 4.79 Å². The van der Waals surface area contributed by atoms with Gasteiger partial charge in [-0.25, -0.2) is 0 Å². The number of carbonyl (C=O) groups is 1. The summed E-state index contributed by atoms with van der Waals surface area (Å²) in [4.78, 5) is 21.3. The molecule has 1 saturated heterocycles. The van der Waals surface area contributed by atoms with Gasteiger partial charge in [0.1, 0.15) is 11.8 Å². The molecule has 0 bridgehead atoms. The topological polar surface area (TPSA) is 45.7 Å².